The second kappa shape index (κ2) is 8.09. The highest BCUT2D eigenvalue weighted by molar-refractivity contribution is 5.91. The summed E-state index contributed by atoms with van der Waals surface area (Å²) in [6.07, 6.45) is 3.14. The van der Waals surface area contributed by atoms with Gasteiger partial charge in [0.2, 0.25) is 5.91 Å². The van der Waals surface area contributed by atoms with Crippen molar-refractivity contribution in [3.8, 4) is 11.5 Å². The lowest BCUT2D eigenvalue weighted by Gasteiger charge is -2.08. The molecule has 1 aromatic rings. The molecular formula is C16H21NO4. The van der Waals surface area contributed by atoms with Crippen molar-refractivity contribution in [2.75, 3.05) is 13.7 Å². The lowest BCUT2D eigenvalue weighted by atomic mass is 10.2. The molecular weight excluding hydrogens is 270 g/mol. The SMILES string of the molecule is COc1cc(C=CC(=O)NCC(C)C)ccc1OC(C)=O. The molecule has 21 heavy (non-hydrogen) atoms. The van der Waals surface area contributed by atoms with Gasteiger partial charge in [0.1, 0.15) is 0 Å². The first-order chi connectivity index (χ1) is 9.92. The molecule has 114 valence electrons. The lowest BCUT2D eigenvalue weighted by molar-refractivity contribution is -0.132. The normalized spacial score (nSPS) is 10.7. The van der Waals surface area contributed by atoms with Crippen LogP contribution in [0.3, 0.4) is 0 Å². The van der Waals surface area contributed by atoms with Gasteiger partial charge < -0.3 is 14.8 Å². The minimum atomic E-state index is -0.412. The van der Waals surface area contributed by atoms with Crippen LogP contribution in [0.2, 0.25) is 0 Å². The largest absolute Gasteiger partial charge is 0.493 e. The van der Waals surface area contributed by atoms with Crippen molar-refractivity contribution in [1.29, 1.82) is 0 Å². The Morgan fingerprint density at radius 3 is 2.57 bits per heavy atom. The maximum absolute atomic E-state index is 11.6. The van der Waals surface area contributed by atoms with Crippen LogP contribution in [0.15, 0.2) is 24.3 Å². The van der Waals surface area contributed by atoms with Crippen molar-refractivity contribution in [3.05, 3.63) is 29.8 Å². The van der Waals surface area contributed by atoms with Crippen LogP contribution in [0, 0.1) is 5.92 Å². The molecule has 0 unspecified atom stereocenters. The third-order valence-electron chi connectivity index (χ3n) is 2.55. The molecule has 0 atom stereocenters. The highest BCUT2D eigenvalue weighted by Crippen LogP contribution is 2.28. The number of esters is 1. The number of rotatable bonds is 6. The van der Waals surface area contributed by atoms with Gasteiger partial charge in [-0.1, -0.05) is 19.9 Å². The van der Waals surface area contributed by atoms with Gasteiger partial charge in [-0.2, -0.15) is 0 Å². The molecule has 1 N–H and O–H groups in total. The van der Waals surface area contributed by atoms with E-state index in [0.717, 1.165) is 5.56 Å². The Labute approximate surface area is 124 Å². The molecule has 0 spiro atoms. The van der Waals surface area contributed by atoms with E-state index in [9.17, 15) is 9.59 Å². The number of benzene rings is 1. The summed E-state index contributed by atoms with van der Waals surface area (Å²) in [5, 5.41) is 2.79. The van der Waals surface area contributed by atoms with E-state index in [1.54, 1.807) is 24.3 Å². The number of nitrogens with one attached hydrogen (secondary N) is 1. The van der Waals surface area contributed by atoms with Crippen molar-refractivity contribution in [1.82, 2.24) is 5.32 Å². The Hall–Kier alpha value is -2.30. The second-order valence-electron chi connectivity index (χ2n) is 4.98. The van der Waals surface area contributed by atoms with Crippen LogP contribution in [-0.4, -0.2) is 25.5 Å². The molecule has 0 fully saturated rings. The van der Waals surface area contributed by atoms with Gasteiger partial charge in [-0.3, -0.25) is 9.59 Å². The highest BCUT2D eigenvalue weighted by atomic mass is 16.6. The van der Waals surface area contributed by atoms with Crippen LogP contribution < -0.4 is 14.8 Å². The van der Waals surface area contributed by atoms with E-state index in [1.807, 2.05) is 13.8 Å². The summed E-state index contributed by atoms with van der Waals surface area (Å²) in [6, 6.07) is 5.07. The van der Waals surface area contributed by atoms with E-state index in [-0.39, 0.29) is 5.91 Å². The lowest BCUT2D eigenvalue weighted by Crippen LogP contribution is -2.25. The number of ether oxygens (including phenoxy) is 2. The first-order valence-corrected chi connectivity index (χ1v) is 6.74. The van der Waals surface area contributed by atoms with Crippen molar-refractivity contribution < 1.29 is 19.1 Å². The molecule has 0 aliphatic heterocycles. The standard InChI is InChI=1S/C16H21NO4/c1-11(2)10-17-16(19)8-6-13-5-7-14(21-12(3)18)15(9-13)20-4/h5-9,11H,10H2,1-4H3,(H,17,19). The molecule has 0 aromatic heterocycles. The predicted molar refractivity (Wildman–Crippen MR) is 81.2 cm³/mol. The minimum Gasteiger partial charge on any atom is -0.493 e. The third kappa shape index (κ3) is 6.12. The average molecular weight is 291 g/mol. The molecule has 0 saturated heterocycles. The van der Waals surface area contributed by atoms with E-state index in [4.69, 9.17) is 9.47 Å². The number of hydrogen-bond donors (Lipinski definition) is 1. The predicted octanol–water partition coefficient (Wildman–Crippen LogP) is 2.41. The van der Waals surface area contributed by atoms with Crippen molar-refractivity contribution in [2.24, 2.45) is 5.92 Å². The maximum Gasteiger partial charge on any atom is 0.308 e. The zero-order valence-corrected chi connectivity index (χ0v) is 12.8. The van der Waals surface area contributed by atoms with Gasteiger partial charge >= 0.3 is 5.97 Å². The molecule has 0 radical (unpaired) electrons. The summed E-state index contributed by atoms with van der Waals surface area (Å²) in [5.74, 6) is 0.642. The Kier molecular flexibility index (Phi) is 6.46. The van der Waals surface area contributed by atoms with Crippen LogP contribution in [-0.2, 0) is 9.59 Å². The summed E-state index contributed by atoms with van der Waals surface area (Å²) < 4.78 is 10.2. The number of hydrogen-bond acceptors (Lipinski definition) is 4. The van der Waals surface area contributed by atoms with Crippen LogP contribution in [0.1, 0.15) is 26.3 Å². The molecule has 0 bridgehead atoms. The fourth-order valence-electron chi connectivity index (χ4n) is 1.56. The fourth-order valence-corrected chi connectivity index (χ4v) is 1.56. The summed E-state index contributed by atoms with van der Waals surface area (Å²) in [4.78, 5) is 22.6. The highest BCUT2D eigenvalue weighted by Gasteiger charge is 2.07. The van der Waals surface area contributed by atoms with Crippen molar-refractivity contribution in [2.45, 2.75) is 20.8 Å². The summed E-state index contributed by atoms with van der Waals surface area (Å²) >= 11 is 0. The topological polar surface area (TPSA) is 64.6 Å². The Bertz CT molecular complexity index is 535. The van der Waals surface area contributed by atoms with E-state index < -0.39 is 5.97 Å². The van der Waals surface area contributed by atoms with E-state index in [2.05, 4.69) is 5.32 Å². The number of carbonyl (C=O) groups excluding carboxylic acids is 2. The van der Waals surface area contributed by atoms with Crippen LogP contribution in [0.4, 0.5) is 0 Å². The van der Waals surface area contributed by atoms with Gasteiger partial charge in [0.05, 0.1) is 7.11 Å². The van der Waals surface area contributed by atoms with E-state index >= 15 is 0 Å². The van der Waals surface area contributed by atoms with Gasteiger partial charge in [-0.25, -0.2) is 0 Å². The molecule has 5 heteroatoms. The molecule has 1 aromatic carbocycles. The number of methoxy groups -OCH3 is 1. The van der Waals surface area contributed by atoms with Gasteiger partial charge in [0, 0.05) is 19.5 Å². The molecule has 0 heterocycles. The van der Waals surface area contributed by atoms with Crippen LogP contribution >= 0.6 is 0 Å². The smallest absolute Gasteiger partial charge is 0.308 e. The molecule has 0 saturated carbocycles. The summed E-state index contributed by atoms with van der Waals surface area (Å²) in [6.45, 7) is 6.02. The Morgan fingerprint density at radius 1 is 1.29 bits per heavy atom. The number of amides is 1. The molecule has 5 nitrogen and oxygen atoms in total. The third-order valence-corrected chi connectivity index (χ3v) is 2.55. The summed E-state index contributed by atoms with van der Waals surface area (Å²) in [5.41, 5.74) is 0.780. The second-order valence-corrected chi connectivity index (χ2v) is 4.98. The minimum absolute atomic E-state index is 0.147. The van der Waals surface area contributed by atoms with Gasteiger partial charge in [-0.05, 0) is 29.7 Å². The molecule has 1 rings (SSSR count). The Balaban J connectivity index is 2.76. The maximum atomic E-state index is 11.6. The monoisotopic (exact) mass is 291 g/mol. The first kappa shape index (κ1) is 16.8. The summed E-state index contributed by atoms with van der Waals surface area (Å²) in [7, 11) is 1.49. The zero-order chi connectivity index (χ0) is 15.8. The molecule has 0 aliphatic rings. The molecule has 1 amide bonds. The van der Waals surface area contributed by atoms with Crippen LogP contribution in [0.25, 0.3) is 6.08 Å². The average Bonchev–Trinajstić information content (AvgIpc) is 2.43. The number of carbonyl (C=O) groups is 2. The van der Waals surface area contributed by atoms with Crippen molar-refractivity contribution in [3.63, 3.8) is 0 Å². The first-order valence-electron chi connectivity index (χ1n) is 6.74. The van der Waals surface area contributed by atoms with Gasteiger partial charge in [0.15, 0.2) is 11.5 Å². The van der Waals surface area contributed by atoms with Crippen LogP contribution in [0.5, 0.6) is 11.5 Å². The Morgan fingerprint density at radius 2 is 2.00 bits per heavy atom. The van der Waals surface area contributed by atoms with E-state index in [0.29, 0.717) is 24.0 Å². The quantitative estimate of drug-likeness (QED) is 0.496. The molecule has 0 aliphatic carbocycles. The van der Waals surface area contributed by atoms with Gasteiger partial charge in [-0.15, -0.1) is 0 Å². The van der Waals surface area contributed by atoms with E-state index in [1.165, 1.54) is 20.1 Å². The fraction of sp³-hybridized carbons (Fsp3) is 0.375. The van der Waals surface area contributed by atoms with Gasteiger partial charge in [0.25, 0.3) is 0 Å². The van der Waals surface area contributed by atoms with Crippen molar-refractivity contribution >= 4 is 18.0 Å². The zero-order valence-electron chi connectivity index (χ0n) is 12.8.